The zero-order valence-electron chi connectivity index (χ0n) is 9.29. The van der Waals surface area contributed by atoms with Crippen LogP contribution in [-0.4, -0.2) is 14.5 Å². The highest BCUT2D eigenvalue weighted by atomic mass is 32.2. The van der Waals surface area contributed by atoms with Gasteiger partial charge in [-0.3, -0.25) is 0 Å². The fourth-order valence-electron chi connectivity index (χ4n) is 1.37. The molecule has 5 heteroatoms. The van der Waals surface area contributed by atoms with Crippen LogP contribution in [0.2, 0.25) is 0 Å². The van der Waals surface area contributed by atoms with Crippen LogP contribution in [0.15, 0.2) is 40.9 Å². The summed E-state index contributed by atoms with van der Waals surface area (Å²) in [5, 5.41) is 1.84. The van der Waals surface area contributed by atoms with Crippen molar-refractivity contribution in [2.24, 2.45) is 12.8 Å². The summed E-state index contributed by atoms with van der Waals surface area (Å²) >= 11 is 1.54. The molecule has 1 atom stereocenters. The molecule has 16 heavy (non-hydrogen) atoms. The van der Waals surface area contributed by atoms with Crippen LogP contribution < -0.4 is 5.73 Å². The fourth-order valence-corrected chi connectivity index (χ4v) is 2.35. The zero-order valence-corrected chi connectivity index (χ0v) is 10.1. The maximum absolute atomic E-state index is 5.90. The van der Waals surface area contributed by atoms with Crippen LogP contribution in [-0.2, 0) is 7.05 Å². The lowest BCUT2D eigenvalue weighted by atomic mass is 10.2. The van der Waals surface area contributed by atoms with Gasteiger partial charge in [-0.15, -0.1) is 0 Å². The molecular weight excluding hydrogens is 220 g/mol. The summed E-state index contributed by atoms with van der Waals surface area (Å²) in [5.41, 5.74) is 6.95. The Kier molecular flexibility index (Phi) is 3.26. The van der Waals surface area contributed by atoms with Gasteiger partial charge in [-0.1, -0.05) is 6.07 Å². The second-order valence-corrected chi connectivity index (χ2v) is 4.57. The highest BCUT2D eigenvalue weighted by Crippen LogP contribution is 2.29. The monoisotopic (exact) mass is 234 g/mol. The van der Waals surface area contributed by atoms with Crippen molar-refractivity contribution in [3.63, 3.8) is 0 Å². The van der Waals surface area contributed by atoms with Crippen molar-refractivity contribution >= 4 is 11.8 Å². The summed E-state index contributed by atoms with van der Waals surface area (Å²) in [6.45, 7) is 1.96. The first-order valence-electron chi connectivity index (χ1n) is 5.04. The number of pyridine rings is 1. The Morgan fingerprint density at radius 3 is 2.81 bits per heavy atom. The van der Waals surface area contributed by atoms with Crippen molar-refractivity contribution in [3.8, 4) is 0 Å². The van der Waals surface area contributed by atoms with Crippen molar-refractivity contribution in [2.45, 2.75) is 23.1 Å². The van der Waals surface area contributed by atoms with Crippen LogP contribution >= 0.6 is 11.8 Å². The van der Waals surface area contributed by atoms with Gasteiger partial charge < -0.3 is 10.3 Å². The topological polar surface area (TPSA) is 56.7 Å². The summed E-state index contributed by atoms with van der Waals surface area (Å²) in [6, 6.07) is 3.89. The molecule has 4 nitrogen and oxygen atoms in total. The molecule has 2 rings (SSSR count). The van der Waals surface area contributed by atoms with Crippen LogP contribution in [0.1, 0.15) is 18.5 Å². The Morgan fingerprint density at radius 2 is 2.19 bits per heavy atom. The molecule has 2 heterocycles. The lowest BCUT2D eigenvalue weighted by molar-refractivity contribution is 0.767. The smallest absolute Gasteiger partial charge is 0.174 e. The van der Waals surface area contributed by atoms with Gasteiger partial charge in [-0.25, -0.2) is 9.97 Å². The van der Waals surface area contributed by atoms with Crippen molar-refractivity contribution in [3.05, 3.63) is 36.3 Å². The van der Waals surface area contributed by atoms with Gasteiger partial charge in [0.05, 0.1) is 0 Å². The van der Waals surface area contributed by atoms with Crippen molar-refractivity contribution in [1.82, 2.24) is 14.5 Å². The molecule has 0 aliphatic carbocycles. The predicted molar refractivity (Wildman–Crippen MR) is 64.2 cm³/mol. The van der Waals surface area contributed by atoms with E-state index in [2.05, 4.69) is 9.97 Å². The average Bonchev–Trinajstić information content (AvgIpc) is 2.65. The minimum Gasteiger partial charge on any atom is -0.329 e. The van der Waals surface area contributed by atoms with Crippen molar-refractivity contribution in [1.29, 1.82) is 0 Å². The Labute approximate surface area is 98.9 Å². The molecule has 0 amide bonds. The Bertz CT molecular complexity index is 478. The van der Waals surface area contributed by atoms with Gasteiger partial charge in [-0.05, 0) is 24.8 Å². The standard InChI is InChI=1S/C11H14N4S/c1-8(12)9-4-3-5-13-10(9)16-11-14-6-7-15(11)2/h3-8H,12H2,1-2H3/t8-/m1/s1. The number of aryl methyl sites for hydroxylation is 1. The van der Waals surface area contributed by atoms with Crippen LogP contribution in [0.25, 0.3) is 0 Å². The molecule has 0 aliphatic rings. The fraction of sp³-hybridized carbons (Fsp3) is 0.273. The number of nitrogens with two attached hydrogens (primary N) is 1. The van der Waals surface area contributed by atoms with Gasteiger partial charge in [0.2, 0.25) is 0 Å². The van der Waals surface area contributed by atoms with Crippen LogP contribution in [0.4, 0.5) is 0 Å². The third-order valence-electron chi connectivity index (χ3n) is 2.26. The first-order chi connectivity index (χ1) is 7.68. The van der Waals surface area contributed by atoms with Gasteiger partial charge in [-0.2, -0.15) is 0 Å². The van der Waals surface area contributed by atoms with E-state index >= 15 is 0 Å². The van der Waals surface area contributed by atoms with Gasteiger partial charge in [0.15, 0.2) is 5.16 Å². The first kappa shape index (κ1) is 11.2. The predicted octanol–water partition coefficient (Wildman–Crippen LogP) is 1.99. The first-order valence-corrected chi connectivity index (χ1v) is 5.86. The molecule has 0 radical (unpaired) electrons. The zero-order chi connectivity index (χ0) is 11.5. The molecular formula is C11H14N4S. The van der Waals surface area contributed by atoms with E-state index in [9.17, 15) is 0 Å². The molecule has 84 valence electrons. The third kappa shape index (κ3) is 2.25. The van der Waals surface area contributed by atoms with E-state index in [1.54, 1.807) is 12.4 Å². The molecule has 0 saturated carbocycles. The van der Waals surface area contributed by atoms with Gasteiger partial charge in [0.25, 0.3) is 0 Å². The largest absolute Gasteiger partial charge is 0.329 e. The molecule has 0 bridgehead atoms. The minimum atomic E-state index is -0.0172. The van der Waals surface area contributed by atoms with Crippen LogP contribution in [0, 0.1) is 0 Å². The third-order valence-corrected chi connectivity index (χ3v) is 3.37. The quantitative estimate of drug-likeness (QED) is 0.882. The van der Waals surface area contributed by atoms with E-state index in [4.69, 9.17) is 5.73 Å². The molecule has 2 aromatic rings. The molecule has 0 aromatic carbocycles. The highest BCUT2D eigenvalue weighted by Gasteiger charge is 2.11. The molecule has 2 aromatic heterocycles. The molecule has 0 spiro atoms. The van der Waals surface area contributed by atoms with Crippen molar-refractivity contribution < 1.29 is 0 Å². The van der Waals surface area contributed by atoms with E-state index in [0.29, 0.717) is 0 Å². The Morgan fingerprint density at radius 1 is 1.38 bits per heavy atom. The number of hydrogen-bond donors (Lipinski definition) is 1. The van der Waals surface area contributed by atoms with Gasteiger partial charge in [0.1, 0.15) is 5.03 Å². The molecule has 0 aliphatic heterocycles. The second kappa shape index (κ2) is 4.67. The summed E-state index contributed by atoms with van der Waals surface area (Å²) in [4.78, 5) is 8.60. The Hall–Kier alpha value is -1.33. The van der Waals surface area contributed by atoms with E-state index < -0.39 is 0 Å². The number of hydrogen-bond acceptors (Lipinski definition) is 4. The van der Waals surface area contributed by atoms with Crippen molar-refractivity contribution in [2.75, 3.05) is 0 Å². The van der Waals surface area contributed by atoms with Gasteiger partial charge in [0, 0.05) is 37.2 Å². The maximum atomic E-state index is 5.90. The Balaban J connectivity index is 2.31. The lowest BCUT2D eigenvalue weighted by Crippen LogP contribution is -2.07. The lowest BCUT2D eigenvalue weighted by Gasteiger charge is -2.10. The molecule has 0 unspecified atom stereocenters. The maximum Gasteiger partial charge on any atom is 0.174 e. The number of imidazole rings is 1. The van der Waals surface area contributed by atoms with E-state index in [-0.39, 0.29) is 6.04 Å². The number of aromatic nitrogens is 3. The molecule has 2 N–H and O–H groups in total. The number of nitrogens with zero attached hydrogens (tertiary/aromatic N) is 3. The SMILES string of the molecule is C[C@@H](N)c1cccnc1Sc1nccn1C. The van der Waals surface area contributed by atoms with Crippen LogP contribution in [0.5, 0.6) is 0 Å². The normalized spacial score (nSPS) is 12.7. The number of rotatable bonds is 3. The van der Waals surface area contributed by atoms with E-state index in [0.717, 1.165) is 15.7 Å². The summed E-state index contributed by atoms with van der Waals surface area (Å²) < 4.78 is 1.96. The molecule has 0 saturated heterocycles. The second-order valence-electron chi connectivity index (χ2n) is 3.61. The minimum absolute atomic E-state index is 0.0172. The summed E-state index contributed by atoms with van der Waals surface area (Å²) in [7, 11) is 1.96. The van der Waals surface area contributed by atoms with Gasteiger partial charge >= 0.3 is 0 Å². The van der Waals surface area contributed by atoms with Crippen LogP contribution in [0.3, 0.4) is 0 Å². The summed E-state index contributed by atoms with van der Waals surface area (Å²) in [5.74, 6) is 0. The van der Waals surface area contributed by atoms with E-state index in [1.165, 1.54) is 11.8 Å². The average molecular weight is 234 g/mol. The highest BCUT2D eigenvalue weighted by molar-refractivity contribution is 7.99. The van der Waals surface area contributed by atoms with E-state index in [1.807, 2.05) is 36.9 Å². The summed E-state index contributed by atoms with van der Waals surface area (Å²) in [6.07, 6.45) is 5.46. The molecule has 0 fully saturated rings.